The second-order valence-corrected chi connectivity index (χ2v) is 4.06. The first-order chi connectivity index (χ1) is 8.63. The Morgan fingerprint density at radius 1 is 1.33 bits per heavy atom. The number of alkyl halides is 2. The summed E-state index contributed by atoms with van der Waals surface area (Å²) in [5, 5.41) is 12.6. The number of benzene rings is 1. The Kier molecular flexibility index (Phi) is 6.60. The van der Waals surface area contributed by atoms with Crippen LogP contribution < -0.4 is 10.1 Å². The van der Waals surface area contributed by atoms with Crippen LogP contribution >= 0.6 is 0 Å². The average Bonchev–Trinajstić information content (AvgIpc) is 2.31. The van der Waals surface area contributed by atoms with E-state index in [4.69, 9.17) is 0 Å². The average molecular weight is 259 g/mol. The van der Waals surface area contributed by atoms with Gasteiger partial charge in [0.05, 0.1) is 6.10 Å². The molecule has 18 heavy (non-hydrogen) atoms. The minimum absolute atomic E-state index is 0.171. The van der Waals surface area contributed by atoms with Crippen LogP contribution in [0, 0.1) is 0 Å². The molecule has 1 atom stereocenters. The zero-order valence-electron chi connectivity index (χ0n) is 10.4. The van der Waals surface area contributed by atoms with Crippen molar-refractivity contribution < 1.29 is 18.6 Å². The zero-order chi connectivity index (χ0) is 13.4. The van der Waals surface area contributed by atoms with Crippen LogP contribution in [0.5, 0.6) is 5.75 Å². The lowest BCUT2D eigenvalue weighted by atomic mass is 10.2. The molecule has 2 N–H and O–H groups in total. The molecule has 0 saturated carbocycles. The van der Waals surface area contributed by atoms with Crippen molar-refractivity contribution in [2.45, 2.75) is 39.0 Å². The number of hydrogen-bond acceptors (Lipinski definition) is 3. The van der Waals surface area contributed by atoms with Crippen molar-refractivity contribution in [3.63, 3.8) is 0 Å². The van der Waals surface area contributed by atoms with Gasteiger partial charge in [0.25, 0.3) is 0 Å². The molecule has 0 radical (unpaired) electrons. The summed E-state index contributed by atoms with van der Waals surface area (Å²) < 4.78 is 28.8. The number of rotatable bonds is 8. The number of para-hydroxylation sites is 1. The normalized spacial score (nSPS) is 12.7. The van der Waals surface area contributed by atoms with Crippen LogP contribution in [0.1, 0.15) is 25.3 Å². The summed E-state index contributed by atoms with van der Waals surface area (Å²) >= 11 is 0. The van der Waals surface area contributed by atoms with E-state index < -0.39 is 12.7 Å². The molecule has 0 spiro atoms. The van der Waals surface area contributed by atoms with Gasteiger partial charge in [0, 0.05) is 18.7 Å². The standard InChI is InChI=1S/C13H19F2NO2/c1-2-5-11(17)9-16-8-10-6-3-4-7-12(10)18-13(14)15/h3-4,6-7,11,13,16-17H,2,5,8-9H2,1H3. The van der Waals surface area contributed by atoms with Crippen molar-refractivity contribution in [1.82, 2.24) is 5.32 Å². The molecule has 102 valence electrons. The lowest BCUT2D eigenvalue weighted by Gasteiger charge is -2.13. The number of ether oxygens (including phenoxy) is 1. The van der Waals surface area contributed by atoms with Crippen LogP contribution in [-0.4, -0.2) is 24.4 Å². The van der Waals surface area contributed by atoms with Gasteiger partial charge in [0.15, 0.2) is 0 Å². The van der Waals surface area contributed by atoms with Gasteiger partial charge >= 0.3 is 6.61 Å². The highest BCUT2D eigenvalue weighted by molar-refractivity contribution is 5.33. The first kappa shape index (κ1) is 14.9. The molecule has 1 aromatic rings. The smallest absolute Gasteiger partial charge is 0.387 e. The monoisotopic (exact) mass is 259 g/mol. The number of nitrogens with one attached hydrogen (secondary N) is 1. The Bertz CT molecular complexity index is 348. The molecule has 0 aromatic heterocycles. The zero-order valence-corrected chi connectivity index (χ0v) is 10.4. The Morgan fingerprint density at radius 2 is 2.06 bits per heavy atom. The molecule has 0 amide bonds. The second kappa shape index (κ2) is 8.00. The fourth-order valence-electron chi connectivity index (χ4n) is 1.67. The fraction of sp³-hybridized carbons (Fsp3) is 0.538. The molecule has 0 aliphatic rings. The molecule has 0 aliphatic carbocycles. The molecular weight excluding hydrogens is 240 g/mol. The van der Waals surface area contributed by atoms with E-state index >= 15 is 0 Å². The summed E-state index contributed by atoms with van der Waals surface area (Å²) in [6, 6.07) is 6.63. The van der Waals surface area contributed by atoms with Crippen LogP contribution in [0.2, 0.25) is 0 Å². The molecule has 5 heteroatoms. The number of aliphatic hydroxyl groups excluding tert-OH is 1. The molecule has 0 saturated heterocycles. The summed E-state index contributed by atoms with van der Waals surface area (Å²) in [5.74, 6) is 0.171. The van der Waals surface area contributed by atoms with E-state index in [1.54, 1.807) is 18.2 Å². The van der Waals surface area contributed by atoms with E-state index in [9.17, 15) is 13.9 Å². The van der Waals surface area contributed by atoms with Crippen LogP contribution in [0.3, 0.4) is 0 Å². The van der Waals surface area contributed by atoms with E-state index in [2.05, 4.69) is 10.1 Å². The van der Waals surface area contributed by atoms with Crippen molar-refractivity contribution in [2.24, 2.45) is 0 Å². The summed E-state index contributed by atoms with van der Waals surface area (Å²) in [5.41, 5.74) is 0.654. The molecule has 3 nitrogen and oxygen atoms in total. The molecule has 1 unspecified atom stereocenters. The SMILES string of the molecule is CCCC(O)CNCc1ccccc1OC(F)F. The fourth-order valence-corrected chi connectivity index (χ4v) is 1.67. The van der Waals surface area contributed by atoms with Gasteiger partial charge in [0.1, 0.15) is 5.75 Å². The predicted octanol–water partition coefficient (Wildman–Crippen LogP) is 2.54. The minimum atomic E-state index is -2.82. The van der Waals surface area contributed by atoms with Crippen molar-refractivity contribution in [1.29, 1.82) is 0 Å². The van der Waals surface area contributed by atoms with Crippen molar-refractivity contribution in [2.75, 3.05) is 6.54 Å². The summed E-state index contributed by atoms with van der Waals surface area (Å²) in [7, 11) is 0. The summed E-state index contributed by atoms with van der Waals surface area (Å²) in [6.45, 7) is 0.00651. The Morgan fingerprint density at radius 3 is 2.72 bits per heavy atom. The maximum absolute atomic E-state index is 12.2. The molecule has 0 heterocycles. The van der Waals surface area contributed by atoms with E-state index in [-0.39, 0.29) is 5.75 Å². The Hall–Kier alpha value is -1.20. The first-order valence-electron chi connectivity index (χ1n) is 6.05. The van der Waals surface area contributed by atoms with Crippen LogP contribution in [0.4, 0.5) is 8.78 Å². The number of hydrogen-bond donors (Lipinski definition) is 2. The van der Waals surface area contributed by atoms with Crippen molar-refractivity contribution >= 4 is 0 Å². The second-order valence-electron chi connectivity index (χ2n) is 4.06. The van der Waals surface area contributed by atoms with Crippen molar-refractivity contribution in [3.8, 4) is 5.75 Å². The third kappa shape index (κ3) is 5.42. The summed E-state index contributed by atoms with van der Waals surface area (Å²) in [6.07, 6.45) is 1.23. The predicted molar refractivity (Wildman–Crippen MR) is 65.7 cm³/mol. The van der Waals surface area contributed by atoms with E-state index in [1.807, 2.05) is 6.92 Å². The van der Waals surface area contributed by atoms with Gasteiger partial charge in [-0.05, 0) is 12.5 Å². The molecule has 0 fully saturated rings. The van der Waals surface area contributed by atoms with Gasteiger partial charge in [-0.1, -0.05) is 31.5 Å². The van der Waals surface area contributed by atoms with E-state index in [0.717, 1.165) is 12.8 Å². The van der Waals surface area contributed by atoms with Gasteiger partial charge in [-0.2, -0.15) is 8.78 Å². The maximum Gasteiger partial charge on any atom is 0.387 e. The largest absolute Gasteiger partial charge is 0.434 e. The molecular formula is C13H19F2NO2. The Labute approximate surface area is 106 Å². The van der Waals surface area contributed by atoms with E-state index in [0.29, 0.717) is 18.7 Å². The quantitative estimate of drug-likeness (QED) is 0.754. The molecule has 0 bridgehead atoms. The van der Waals surface area contributed by atoms with Gasteiger partial charge < -0.3 is 15.2 Å². The third-order valence-corrected chi connectivity index (χ3v) is 2.51. The lowest BCUT2D eigenvalue weighted by Crippen LogP contribution is -2.26. The molecule has 1 rings (SSSR count). The maximum atomic E-state index is 12.2. The van der Waals surface area contributed by atoms with Gasteiger partial charge in [-0.3, -0.25) is 0 Å². The number of aliphatic hydroxyl groups is 1. The van der Waals surface area contributed by atoms with Gasteiger partial charge in [0.2, 0.25) is 0 Å². The van der Waals surface area contributed by atoms with Crippen LogP contribution in [-0.2, 0) is 6.54 Å². The third-order valence-electron chi connectivity index (χ3n) is 2.51. The highest BCUT2D eigenvalue weighted by Gasteiger charge is 2.09. The minimum Gasteiger partial charge on any atom is -0.434 e. The highest BCUT2D eigenvalue weighted by atomic mass is 19.3. The Balaban J connectivity index is 2.46. The molecule has 0 aliphatic heterocycles. The van der Waals surface area contributed by atoms with Gasteiger partial charge in [-0.25, -0.2) is 0 Å². The van der Waals surface area contributed by atoms with Crippen LogP contribution in [0.15, 0.2) is 24.3 Å². The first-order valence-corrected chi connectivity index (χ1v) is 6.05. The topological polar surface area (TPSA) is 41.5 Å². The molecule has 1 aromatic carbocycles. The number of halogens is 2. The van der Waals surface area contributed by atoms with Crippen molar-refractivity contribution in [3.05, 3.63) is 29.8 Å². The van der Waals surface area contributed by atoms with E-state index in [1.165, 1.54) is 6.07 Å². The summed E-state index contributed by atoms with van der Waals surface area (Å²) in [4.78, 5) is 0. The lowest BCUT2D eigenvalue weighted by molar-refractivity contribution is -0.0505. The van der Waals surface area contributed by atoms with Gasteiger partial charge in [-0.15, -0.1) is 0 Å². The highest BCUT2D eigenvalue weighted by Crippen LogP contribution is 2.19. The van der Waals surface area contributed by atoms with Crippen LogP contribution in [0.25, 0.3) is 0 Å².